The highest BCUT2D eigenvalue weighted by Gasteiger charge is 2.40. The number of benzene rings is 1. The minimum Gasteiger partial charge on any atom is -0.460 e. The summed E-state index contributed by atoms with van der Waals surface area (Å²) in [6.07, 6.45) is -9.19. The van der Waals surface area contributed by atoms with E-state index in [0.717, 1.165) is 0 Å². The molecule has 432 valence electrons. The molecule has 0 fully saturated rings. The number of alkyl carbamates (subject to hydrolysis) is 4. The Kier molecular flexibility index (Phi) is 30.2. The SMILES string of the molecule is CC(C)COC(=O)NC(CO)COC(=O)OCC(COC(=O)OCC(C)(COC(=O)OCC(COC(=O)OCC(CO)NC(=O)OCC(C)C)NC(=O)OC(C)(C)C)C(=O)OCc1ccccc1)NC(=O)OC(C)(C)C. The Bertz CT molecular complexity index is 1870. The number of aliphatic hydroxyl groups is 2. The Labute approximate surface area is 440 Å². The minimum absolute atomic E-state index is 0.0350. The summed E-state index contributed by atoms with van der Waals surface area (Å²) in [5.74, 6) is -0.956. The highest BCUT2D eigenvalue weighted by Crippen LogP contribution is 2.22. The van der Waals surface area contributed by atoms with E-state index in [-0.39, 0.29) is 31.7 Å². The van der Waals surface area contributed by atoms with Gasteiger partial charge in [0.25, 0.3) is 0 Å². The number of esters is 1. The highest BCUT2D eigenvalue weighted by atomic mass is 16.8. The van der Waals surface area contributed by atoms with E-state index in [1.807, 2.05) is 27.7 Å². The van der Waals surface area contributed by atoms with E-state index >= 15 is 0 Å². The second-order valence-corrected chi connectivity index (χ2v) is 19.8. The summed E-state index contributed by atoms with van der Waals surface area (Å²) >= 11 is 0. The molecule has 0 aliphatic carbocycles. The van der Waals surface area contributed by atoms with Gasteiger partial charge in [0.2, 0.25) is 0 Å². The molecular formula is C48H76N4O24. The van der Waals surface area contributed by atoms with Crippen molar-refractivity contribution in [2.75, 3.05) is 79.3 Å². The largest absolute Gasteiger partial charge is 0.508 e. The van der Waals surface area contributed by atoms with Crippen LogP contribution in [0.15, 0.2) is 30.3 Å². The molecule has 0 aliphatic rings. The predicted octanol–water partition coefficient (Wildman–Crippen LogP) is 4.62. The third-order valence-corrected chi connectivity index (χ3v) is 8.76. The summed E-state index contributed by atoms with van der Waals surface area (Å²) in [5.41, 5.74) is -3.35. The number of hydrogen-bond acceptors (Lipinski definition) is 24. The molecular weight excluding hydrogens is 1020 g/mol. The minimum atomic E-state index is -1.96. The normalized spacial score (nSPS) is 13.6. The van der Waals surface area contributed by atoms with Crippen LogP contribution in [0, 0.1) is 17.3 Å². The monoisotopic (exact) mass is 1090 g/mol. The lowest BCUT2D eigenvalue weighted by molar-refractivity contribution is -0.162. The van der Waals surface area contributed by atoms with Crippen molar-refractivity contribution in [1.82, 2.24) is 21.3 Å². The molecule has 0 radical (unpaired) electrons. The number of ether oxygens (including phenoxy) is 13. The van der Waals surface area contributed by atoms with Gasteiger partial charge in [-0.25, -0.2) is 38.4 Å². The van der Waals surface area contributed by atoms with Gasteiger partial charge >= 0.3 is 55.0 Å². The van der Waals surface area contributed by atoms with E-state index in [1.165, 1.54) is 6.92 Å². The van der Waals surface area contributed by atoms with Gasteiger partial charge in [-0.3, -0.25) is 4.79 Å². The van der Waals surface area contributed by atoms with Crippen LogP contribution in [0.5, 0.6) is 0 Å². The Morgan fingerprint density at radius 1 is 0.421 bits per heavy atom. The van der Waals surface area contributed by atoms with Crippen LogP contribution in [-0.2, 0) is 73.0 Å². The van der Waals surface area contributed by atoms with Gasteiger partial charge in [0.05, 0.1) is 38.5 Å². The molecule has 4 amide bonds. The molecule has 0 spiro atoms. The topological polar surface area (TPSA) is 362 Å². The summed E-state index contributed by atoms with van der Waals surface area (Å²) in [5, 5.41) is 28.6. The zero-order valence-electron chi connectivity index (χ0n) is 44.9. The molecule has 1 aromatic carbocycles. The molecule has 1 aromatic rings. The fourth-order valence-electron chi connectivity index (χ4n) is 5.06. The van der Waals surface area contributed by atoms with Crippen LogP contribution < -0.4 is 21.3 Å². The first-order chi connectivity index (χ1) is 35.5. The van der Waals surface area contributed by atoms with Crippen LogP contribution in [0.1, 0.15) is 81.7 Å². The maximum absolute atomic E-state index is 13.6. The Morgan fingerprint density at radius 3 is 1.05 bits per heavy atom. The lowest BCUT2D eigenvalue weighted by Gasteiger charge is -2.27. The van der Waals surface area contributed by atoms with Crippen LogP contribution in [-0.4, -0.2) is 180 Å². The second kappa shape index (κ2) is 34.4. The van der Waals surface area contributed by atoms with Gasteiger partial charge in [0.1, 0.15) is 88.2 Å². The molecule has 4 atom stereocenters. The molecule has 28 nitrogen and oxygen atoms in total. The first kappa shape index (κ1) is 66.8. The third kappa shape index (κ3) is 32.8. The van der Waals surface area contributed by atoms with Gasteiger partial charge in [0, 0.05) is 0 Å². The van der Waals surface area contributed by atoms with Crippen molar-refractivity contribution in [1.29, 1.82) is 0 Å². The van der Waals surface area contributed by atoms with E-state index in [4.69, 9.17) is 61.6 Å². The van der Waals surface area contributed by atoms with E-state index in [0.29, 0.717) is 5.56 Å². The lowest BCUT2D eigenvalue weighted by atomic mass is 9.93. The Hall–Kier alpha value is -7.23. The van der Waals surface area contributed by atoms with Crippen LogP contribution in [0.2, 0.25) is 0 Å². The fourth-order valence-corrected chi connectivity index (χ4v) is 5.06. The number of rotatable bonds is 29. The number of carbonyl (C=O) groups is 9. The summed E-state index contributed by atoms with van der Waals surface area (Å²) in [4.78, 5) is 114. The van der Waals surface area contributed by atoms with Gasteiger partial charge in [0.15, 0.2) is 0 Å². The quantitative estimate of drug-likeness (QED) is 0.0470. The van der Waals surface area contributed by atoms with Crippen molar-refractivity contribution in [3.63, 3.8) is 0 Å². The number of nitrogens with one attached hydrogen (secondary N) is 4. The standard InChI is InChI=1S/C48H76N4O24/c1-30(2)19-65-38(56)49-33(17-53)22-67-42(60)69-24-35(51-40(58)75-46(5,6)7)26-71-44(62)73-28-48(11,37(55)64-21-32-15-13-12-14-16-32)29-74-45(63)72-27-36(52-41(59)76-47(8,9)10)25-70-43(61)68-23-34(18-54)50-39(57)66-20-31(3)4/h12-16,30-31,33-36,53-54H,17-29H2,1-11H3,(H,49,56)(H,50,57)(H,51,58)(H,52,59). The number of amides is 4. The molecule has 0 aliphatic heterocycles. The summed E-state index contributed by atoms with van der Waals surface area (Å²) < 4.78 is 66.8. The van der Waals surface area contributed by atoms with E-state index < -0.39 is 162 Å². The molecule has 0 saturated carbocycles. The number of aliphatic hydroxyl groups excluding tert-OH is 2. The molecule has 1 rings (SSSR count). The second-order valence-electron chi connectivity index (χ2n) is 19.8. The average Bonchev–Trinajstić information content (AvgIpc) is 3.33. The average molecular weight is 1090 g/mol. The van der Waals surface area contributed by atoms with Gasteiger partial charge < -0.3 is 93.1 Å². The smallest absolute Gasteiger partial charge is 0.460 e. The zero-order valence-corrected chi connectivity index (χ0v) is 44.9. The van der Waals surface area contributed by atoms with E-state index in [9.17, 15) is 53.4 Å². The van der Waals surface area contributed by atoms with Crippen molar-refractivity contribution in [3.8, 4) is 0 Å². The number of carbonyl (C=O) groups excluding carboxylic acids is 9. The molecule has 0 heterocycles. The fraction of sp³-hybridized carbons (Fsp3) is 0.688. The van der Waals surface area contributed by atoms with Gasteiger partial charge in [-0.05, 0) is 65.9 Å². The molecule has 76 heavy (non-hydrogen) atoms. The van der Waals surface area contributed by atoms with Gasteiger partial charge in [-0.2, -0.15) is 0 Å². The summed E-state index contributed by atoms with van der Waals surface area (Å²) in [6.45, 7) is 11.0. The van der Waals surface area contributed by atoms with Crippen molar-refractivity contribution in [2.24, 2.45) is 17.3 Å². The maximum atomic E-state index is 13.6. The molecule has 0 saturated heterocycles. The number of hydrogen-bond donors (Lipinski definition) is 6. The van der Waals surface area contributed by atoms with Crippen molar-refractivity contribution >= 4 is 55.0 Å². The lowest BCUT2D eigenvalue weighted by Crippen LogP contribution is -2.46. The molecule has 6 N–H and O–H groups in total. The van der Waals surface area contributed by atoms with Crippen molar-refractivity contribution in [3.05, 3.63) is 35.9 Å². The van der Waals surface area contributed by atoms with Crippen LogP contribution >= 0.6 is 0 Å². The summed E-state index contributed by atoms with van der Waals surface area (Å²) in [7, 11) is 0. The zero-order chi connectivity index (χ0) is 57.5. The maximum Gasteiger partial charge on any atom is 0.508 e. The first-order valence-corrected chi connectivity index (χ1v) is 24.0. The van der Waals surface area contributed by atoms with Crippen molar-refractivity contribution < 1.29 is 115 Å². The molecule has 4 unspecified atom stereocenters. The Morgan fingerprint density at radius 2 is 0.737 bits per heavy atom. The predicted molar refractivity (Wildman–Crippen MR) is 260 cm³/mol. The highest BCUT2D eigenvalue weighted by molar-refractivity contribution is 5.78. The molecule has 0 aromatic heterocycles. The van der Waals surface area contributed by atoms with Crippen LogP contribution in [0.3, 0.4) is 0 Å². The Balaban J connectivity index is 3.09. The molecule has 28 heteroatoms. The van der Waals surface area contributed by atoms with Crippen LogP contribution in [0.4, 0.5) is 38.4 Å². The van der Waals surface area contributed by atoms with E-state index in [2.05, 4.69) is 21.3 Å². The van der Waals surface area contributed by atoms with Gasteiger partial charge in [-0.15, -0.1) is 0 Å². The van der Waals surface area contributed by atoms with Crippen molar-refractivity contribution in [2.45, 2.75) is 118 Å². The van der Waals surface area contributed by atoms with Crippen LogP contribution in [0.25, 0.3) is 0 Å². The first-order valence-electron chi connectivity index (χ1n) is 24.0. The van der Waals surface area contributed by atoms with Gasteiger partial charge in [-0.1, -0.05) is 58.0 Å². The molecule has 0 bridgehead atoms. The summed E-state index contributed by atoms with van der Waals surface area (Å²) in [6, 6.07) is 3.71. The van der Waals surface area contributed by atoms with E-state index in [1.54, 1.807) is 71.9 Å². The third-order valence-electron chi connectivity index (χ3n) is 8.76.